The number of anilines is 2. The lowest BCUT2D eigenvalue weighted by atomic mass is 10.1. The van der Waals surface area contributed by atoms with Gasteiger partial charge in [0.15, 0.2) is 17.7 Å². The quantitative estimate of drug-likeness (QED) is 0.497. The molecule has 0 unspecified atom stereocenters. The van der Waals surface area contributed by atoms with Crippen molar-refractivity contribution >= 4 is 22.9 Å². The third-order valence-electron chi connectivity index (χ3n) is 3.64. The molecule has 3 heterocycles. The molecular weight excluding hydrogens is 304 g/mol. The van der Waals surface area contributed by atoms with E-state index in [4.69, 9.17) is 20.9 Å². The van der Waals surface area contributed by atoms with Crippen LogP contribution in [0.5, 0.6) is 0 Å². The SMILES string of the molecule is C=CCO[C@H]1[C@@H](O)[C@H](n2cnc3c(N)nc(N)nc32)O[C@@H]1CO. The second-order valence-electron chi connectivity index (χ2n) is 5.12. The number of aromatic nitrogens is 4. The molecule has 4 atom stereocenters. The molecule has 0 amide bonds. The first kappa shape index (κ1) is 15.6. The largest absolute Gasteiger partial charge is 0.394 e. The molecule has 0 spiro atoms. The predicted octanol–water partition coefficient (Wildman–Crippen LogP) is -1.19. The molecule has 0 saturated carbocycles. The van der Waals surface area contributed by atoms with Crippen LogP contribution in [0.25, 0.3) is 11.2 Å². The molecule has 1 aliphatic rings. The van der Waals surface area contributed by atoms with Gasteiger partial charge in [0, 0.05) is 0 Å². The number of fused-ring (bicyclic) bond motifs is 1. The number of hydrogen-bond acceptors (Lipinski definition) is 9. The van der Waals surface area contributed by atoms with E-state index in [0.29, 0.717) is 11.2 Å². The number of aliphatic hydroxyl groups excluding tert-OH is 2. The summed E-state index contributed by atoms with van der Waals surface area (Å²) in [5.74, 6) is 0.124. The maximum Gasteiger partial charge on any atom is 0.224 e. The number of rotatable bonds is 5. The summed E-state index contributed by atoms with van der Waals surface area (Å²) in [4.78, 5) is 12.1. The third-order valence-corrected chi connectivity index (χ3v) is 3.64. The predicted molar refractivity (Wildman–Crippen MR) is 81.1 cm³/mol. The molecule has 1 saturated heterocycles. The highest BCUT2D eigenvalue weighted by atomic mass is 16.6. The summed E-state index contributed by atoms with van der Waals surface area (Å²) in [7, 11) is 0. The van der Waals surface area contributed by atoms with E-state index in [0.717, 1.165) is 0 Å². The molecule has 0 bridgehead atoms. The molecule has 0 aliphatic carbocycles. The number of nitrogen functional groups attached to an aromatic ring is 2. The first-order valence-electron chi connectivity index (χ1n) is 6.99. The van der Waals surface area contributed by atoms with Gasteiger partial charge in [0.1, 0.15) is 23.8 Å². The molecule has 3 rings (SSSR count). The average molecular weight is 322 g/mol. The zero-order chi connectivity index (χ0) is 16.6. The molecule has 10 heteroatoms. The third kappa shape index (κ3) is 2.61. The van der Waals surface area contributed by atoms with E-state index < -0.39 is 24.5 Å². The first-order chi connectivity index (χ1) is 11.1. The molecule has 0 radical (unpaired) electrons. The van der Waals surface area contributed by atoms with E-state index in [9.17, 15) is 10.2 Å². The van der Waals surface area contributed by atoms with E-state index in [1.807, 2.05) is 0 Å². The Bertz CT molecular complexity index is 720. The first-order valence-corrected chi connectivity index (χ1v) is 6.99. The van der Waals surface area contributed by atoms with Gasteiger partial charge < -0.3 is 31.2 Å². The Kier molecular flexibility index (Phi) is 4.13. The van der Waals surface area contributed by atoms with Gasteiger partial charge in [-0.3, -0.25) is 4.57 Å². The maximum absolute atomic E-state index is 10.5. The summed E-state index contributed by atoms with van der Waals surface area (Å²) in [6.07, 6.45) is -0.313. The smallest absolute Gasteiger partial charge is 0.224 e. The maximum atomic E-state index is 10.5. The van der Waals surface area contributed by atoms with Crippen molar-refractivity contribution < 1.29 is 19.7 Å². The minimum atomic E-state index is -1.04. The summed E-state index contributed by atoms with van der Waals surface area (Å²) in [6.45, 7) is 3.48. The summed E-state index contributed by atoms with van der Waals surface area (Å²) in [5, 5.41) is 19.9. The van der Waals surface area contributed by atoms with E-state index in [-0.39, 0.29) is 25.0 Å². The molecule has 1 aliphatic heterocycles. The van der Waals surface area contributed by atoms with E-state index in [1.165, 1.54) is 10.9 Å². The van der Waals surface area contributed by atoms with Crippen molar-refractivity contribution in [3.8, 4) is 0 Å². The van der Waals surface area contributed by atoms with Crippen molar-refractivity contribution in [3.05, 3.63) is 19.0 Å². The Morgan fingerprint density at radius 1 is 1.43 bits per heavy atom. The summed E-state index contributed by atoms with van der Waals surface area (Å²) >= 11 is 0. The van der Waals surface area contributed by atoms with E-state index in [2.05, 4.69) is 21.5 Å². The van der Waals surface area contributed by atoms with Crippen LogP contribution >= 0.6 is 0 Å². The topological polar surface area (TPSA) is 155 Å². The van der Waals surface area contributed by atoms with Gasteiger partial charge >= 0.3 is 0 Å². The van der Waals surface area contributed by atoms with Crippen LogP contribution in [0.1, 0.15) is 6.23 Å². The lowest BCUT2D eigenvalue weighted by Gasteiger charge is -2.19. The van der Waals surface area contributed by atoms with Gasteiger partial charge in [-0.1, -0.05) is 6.08 Å². The number of hydrogen-bond donors (Lipinski definition) is 4. The number of imidazole rings is 1. The monoisotopic (exact) mass is 322 g/mol. The van der Waals surface area contributed by atoms with E-state index in [1.54, 1.807) is 6.08 Å². The highest BCUT2D eigenvalue weighted by molar-refractivity contribution is 5.82. The van der Waals surface area contributed by atoms with Crippen LogP contribution in [0, 0.1) is 0 Å². The van der Waals surface area contributed by atoms with Crippen molar-refractivity contribution in [1.29, 1.82) is 0 Å². The van der Waals surface area contributed by atoms with Gasteiger partial charge in [-0.2, -0.15) is 9.97 Å². The van der Waals surface area contributed by atoms with Gasteiger partial charge in [-0.05, 0) is 0 Å². The molecule has 124 valence electrons. The van der Waals surface area contributed by atoms with Crippen LogP contribution < -0.4 is 11.5 Å². The van der Waals surface area contributed by atoms with Crippen LogP contribution in [0.2, 0.25) is 0 Å². The fourth-order valence-corrected chi connectivity index (χ4v) is 2.62. The molecule has 6 N–H and O–H groups in total. The van der Waals surface area contributed by atoms with Crippen LogP contribution in [-0.4, -0.2) is 61.3 Å². The Hall–Kier alpha value is -2.27. The van der Waals surface area contributed by atoms with Crippen molar-refractivity contribution in [1.82, 2.24) is 19.5 Å². The van der Waals surface area contributed by atoms with Crippen molar-refractivity contribution in [2.45, 2.75) is 24.5 Å². The minimum Gasteiger partial charge on any atom is -0.394 e. The zero-order valence-corrected chi connectivity index (χ0v) is 12.2. The highest BCUT2D eigenvalue weighted by Gasteiger charge is 2.45. The molecule has 23 heavy (non-hydrogen) atoms. The second kappa shape index (κ2) is 6.08. The summed E-state index contributed by atoms with van der Waals surface area (Å²) in [6, 6.07) is 0. The molecule has 10 nitrogen and oxygen atoms in total. The lowest BCUT2D eigenvalue weighted by molar-refractivity contribution is -0.0565. The van der Waals surface area contributed by atoms with E-state index >= 15 is 0 Å². The Morgan fingerprint density at radius 2 is 2.22 bits per heavy atom. The zero-order valence-electron chi connectivity index (χ0n) is 12.2. The van der Waals surface area contributed by atoms with Gasteiger partial charge in [0.05, 0.1) is 19.5 Å². The Balaban J connectivity index is 1.97. The normalized spacial score (nSPS) is 27.6. The van der Waals surface area contributed by atoms with Crippen molar-refractivity contribution in [2.24, 2.45) is 0 Å². The lowest BCUT2D eigenvalue weighted by Crippen LogP contribution is -2.36. The summed E-state index contributed by atoms with van der Waals surface area (Å²) in [5.41, 5.74) is 12.1. The van der Waals surface area contributed by atoms with Gasteiger partial charge in [-0.25, -0.2) is 4.98 Å². The fraction of sp³-hybridized carbons (Fsp3) is 0.462. The van der Waals surface area contributed by atoms with Crippen LogP contribution in [0.15, 0.2) is 19.0 Å². The number of aliphatic hydroxyl groups is 2. The van der Waals surface area contributed by atoms with Crippen molar-refractivity contribution in [2.75, 3.05) is 24.7 Å². The summed E-state index contributed by atoms with van der Waals surface area (Å²) < 4.78 is 12.7. The van der Waals surface area contributed by atoms with Crippen molar-refractivity contribution in [3.63, 3.8) is 0 Å². The molecular formula is C13H18N6O4. The number of nitrogens with zero attached hydrogens (tertiary/aromatic N) is 4. The molecule has 0 aromatic carbocycles. The standard InChI is InChI=1S/C13H18N6O4/c1-2-3-22-9-6(4-20)23-12(8(9)21)19-5-16-7-10(14)17-13(15)18-11(7)19/h2,5-6,8-9,12,20-21H,1,3-4H2,(H4,14,15,17,18)/t6-,8-,9-,12-/m1/s1. The Morgan fingerprint density at radius 3 is 2.91 bits per heavy atom. The fourth-order valence-electron chi connectivity index (χ4n) is 2.62. The van der Waals surface area contributed by atoms with Gasteiger partial charge in [0.25, 0.3) is 0 Å². The highest BCUT2D eigenvalue weighted by Crippen LogP contribution is 2.33. The molecule has 2 aromatic heterocycles. The van der Waals surface area contributed by atoms with Gasteiger partial charge in [-0.15, -0.1) is 6.58 Å². The van der Waals surface area contributed by atoms with Gasteiger partial charge in [0.2, 0.25) is 5.95 Å². The second-order valence-corrected chi connectivity index (χ2v) is 5.12. The van der Waals surface area contributed by atoms with Crippen LogP contribution in [0.3, 0.4) is 0 Å². The van der Waals surface area contributed by atoms with Crippen LogP contribution in [0.4, 0.5) is 11.8 Å². The number of ether oxygens (including phenoxy) is 2. The minimum absolute atomic E-state index is 0.0117. The molecule has 1 fully saturated rings. The average Bonchev–Trinajstić information content (AvgIpc) is 3.06. The molecule has 2 aromatic rings. The Labute approximate surface area is 131 Å². The van der Waals surface area contributed by atoms with Crippen LogP contribution in [-0.2, 0) is 9.47 Å². The number of nitrogens with two attached hydrogens (primary N) is 2.